The average molecular weight is 360 g/mol. The van der Waals surface area contributed by atoms with E-state index in [1.54, 1.807) is 24.3 Å². The van der Waals surface area contributed by atoms with Crippen molar-refractivity contribution in [2.75, 3.05) is 7.05 Å². The number of benzene rings is 2. The van der Waals surface area contributed by atoms with Gasteiger partial charge < -0.3 is 9.32 Å². The van der Waals surface area contributed by atoms with Crippen LogP contribution in [0.4, 0.5) is 4.39 Å². The van der Waals surface area contributed by atoms with E-state index in [-0.39, 0.29) is 28.3 Å². The highest BCUT2D eigenvalue weighted by Crippen LogP contribution is 2.21. The number of halogens is 2. The third-order valence-electron chi connectivity index (χ3n) is 3.90. The smallest absolute Gasteiger partial charge is 0.289 e. The van der Waals surface area contributed by atoms with E-state index >= 15 is 0 Å². The zero-order chi connectivity index (χ0) is 18.1. The normalized spacial score (nSPS) is 10.9. The van der Waals surface area contributed by atoms with E-state index in [2.05, 4.69) is 0 Å². The number of rotatable bonds is 3. The quantitative estimate of drug-likeness (QED) is 0.705. The van der Waals surface area contributed by atoms with Gasteiger partial charge in [0, 0.05) is 23.7 Å². The Labute approximate surface area is 148 Å². The van der Waals surface area contributed by atoms with Crippen LogP contribution in [0.5, 0.6) is 0 Å². The molecule has 0 saturated heterocycles. The largest absolute Gasteiger partial charge is 0.451 e. The first kappa shape index (κ1) is 17.2. The van der Waals surface area contributed by atoms with Gasteiger partial charge in [-0.15, -0.1) is 0 Å². The fourth-order valence-corrected chi connectivity index (χ4v) is 2.78. The summed E-state index contributed by atoms with van der Waals surface area (Å²) in [7, 11) is 1.49. The number of aryl methyl sites for hydroxylation is 1. The molecule has 2 aromatic carbocycles. The lowest BCUT2D eigenvalue weighted by Gasteiger charge is -2.18. The van der Waals surface area contributed by atoms with Gasteiger partial charge in [0.15, 0.2) is 11.2 Å². The van der Waals surface area contributed by atoms with E-state index < -0.39 is 11.7 Å². The first-order valence-corrected chi connectivity index (χ1v) is 7.97. The molecule has 0 saturated carbocycles. The molecule has 0 bridgehead atoms. The third-order valence-corrected chi connectivity index (χ3v) is 4.25. The van der Waals surface area contributed by atoms with Gasteiger partial charge >= 0.3 is 0 Å². The summed E-state index contributed by atoms with van der Waals surface area (Å²) in [5, 5.41) is 0.645. The fraction of sp³-hybridized carbons (Fsp3) is 0.158. The molecule has 1 heterocycles. The van der Waals surface area contributed by atoms with Crippen molar-refractivity contribution in [1.29, 1.82) is 0 Å². The summed E-state index contributed by atoms with van der Waals surface area (Å²) in [6, 6.07) is 10.6. The van der Waals surface area contributed by atoms with Crippen molar-refractivity contribution in [3.05, 3.63) is 80.4 Å². The molecule has 0 unspecified atom stereocenters. The van der Waals surface area contributed by atoms with Crippen LogP contribution >= 0.6 is 11.6 Å². The van der Waals surface area contributed by atoms with Gasteiger partial charge in [-0.2, -0.15) is 0 Å². The van der Waals surface area contributed by atoms with Crippen molar-refractivity contribution in [3.8, 4) is 0 Å². The molecule has 0 atom stereocenters. The fourth-order valence-electron chi connectivity index (χ4n) is 2.56. The third kappa shape index (κ3) is 3.42. The van der Waals surface area contributed by atoms with E-state index in [0.29, 0.717) is 11.0 Å². The van der Waals surface area contributed by atoms with Gasteiger partial charge in [-0.05, 0) is 31.2 Å². The van der Waals surface area contributed by atoms with Gasteiger partial charge in [-0.25, -0.2) is 4.39 Å². The van der Waals surface area contributed by atoms with Gasteiger partial charge in [-0.1, -0.05) is 29.3 Å². The van der Waals surface area contributed by atoms with Crippen LogP contribution in [0.1, 0.15) is 21.7 Å². The van der Waals surface area contributed by atoms with Crippen LogP contribution in [0.2, 0.25) is 5.02 Å². The lowest BCUT2D eigenvalue weighted by atomic mass is 10.1. The number of carbonyl (C=O) groups is 1. The maximum absolute atomic E-state index is 13.9. The first-order chi connectivity index (χ1) is 11.9. The van der Waals surface area contributed by atoms with Crippen molar-refractivity contribution in [1.82, 2.24) is 4.90 Å². The van der Waals surface area contributed by atoms with Gasteiger partial charge in [-0.3, -0.25) is 9.59 Å². The summed E-state index contributed by atoms with van der Waals surface area (Å²) in [5.74, 6) is -1.13. The highest BCUT2D eigenvalue weighted by molar-refractivity contribution is 6.31. The molecule has 6 heteroatoms. The summed E-state index contributed by atoms with van der Waals surface area (Å²) in [4.78, 5) is 26.0. The Morgan fingerprint density at radius 2 is 2.00 bits per heavy atom. The average Bonchev–Trinajstić information content (AvgIpc) is 2.58. The lowest BCUT2D eigenvalue weighted by molar-refractivity contribution is 0.0753. The minimum atomic E-state index is -0.529. The summed E-state index contributed by atoms with van der Waals surface area (Å²) < 4.78 is 19.5. The van der Waals surface area contributed by atoms with Crippen LogP contribution in [-0.4, -0.2) is 17.9 Å². The molecule has 0 radical (unpaired) electrons. The minimum Gasteiger partial charge on any atom is -0.451 e. The molecule has 0 aliphatic heterocycles. The van der Waals surface area contributed by atoms with Crippen LogP contribution in [0.25, 0.3) is 11.0 Å². The number of amides is 1. The second-order valence-electron chi connectivity index (χ2n) is 5.84. The van der Waals surface area contributed by atoms with Crippen molar-refractivity contribution in [3.63, 3.8) is 0 Å². The molecular formula is C19H15ClFNO3. The number of nitrogens with zero attached hydrogens (tertiary/aromatic N) is 1. The lowest BCUT2D eigenvalue weighted by Crippen LogP contribution is -2.27. The van der Waals surface area contributed by atoms with Gasteiger partial charge in [0.2, 0.25) is 0 Å². The van der Waals surface area contributed by atoms with E-state index in [0.717, 1.165) is 11.6 Å². The molecule has 1 aromatic heterocycles. The Morgan fingerprint density at radius 3 is 2.72 bits per heavy atom. The Kier molecular flexibility index (Phi) is 4.59. The number of hydrogen-bond acceptors (Lipinski definition) is 3. The monoisotopic (exact) mass is 359 g/mol. The number of carbonyl (C=O) groups excluding carboxylic acids is 1. The molecule has 0 spiro atoms. The summed E-state index contributed by atoms with van der Waals surface area (Å²) in [6.45, 7) is 1.82. The van der Waals surface area contributed by atoms with Crippen LogP contribution < -0.4 is 5.43 Å². The van der Waals surface area contributed by atoms with Crippen LogP contribution in [-0.2, 0) is 6.54 Å². The van der Waals surface area contributed by atoms with Crippen LogP contribution in [0.3, 0.4) is 0 Å². The maximum Gasteiger partial charge on any atom is 0.289 e. The Hall–Kier alpha value is -2.66. The van der Waals surface area contributed by atoms with E-state index in [1.807, 2.05) is 6.92 Å². The summed E-state index contributed by atoms with van der Waals surface area (Å²) >= 11 is 5.99. The van der Waals surface area contributed by atoms with Crippen molar-refractivity contribution in [2.45, 2.75) is 13.5 Å². The molecular weight excluding hydrogens is 345 g/mol. The zero-order valence-electron chi connectivity index (χ0n) is 13.7. The summed E-state index contributed by atoms with van der Waals surface area (Å²) in [5.41, 5.74) is 1.16. The Morgan fingerprint density at radius 1 is 1.24 bits per heavy atom. The molecule has 3 aromatic rings. The predicted molar refractivity (Wildman–Crippen MR) is 94.4 cm³/mol. The van der Waals surface area contributed by atoms with Gasteiger partial charge in [0.25, 0.3) is 5.91 Å². The van der Waals surface area contributed by atoms with Gasteiger partial charge in [0.1, 0.15) is 11.4 Å². The number of fused-ring (bicyclic) bond motifs is 1. The van der Waals surface area contributed by atoms with E-state index in [9.17, 15) is 14.0 Å². The molecule has 128 valence electrons. The maximum atomic E-state index is 13.9. The molecule has 1 amide bonds. The summed E-state index contributed by atoms with van der Waals surface area (Å²) in [6.07, 6.45) is 0. The van der Waals surface area contributed by atoms with Crippen LogP contribution in [0.15, 0.2) is 51.7 Å². The van der Waals surface area contributed by atoms with Crippen molar-refractivity contribution in [2.24, 2.45) is 0 Å². The molecule has 3 rings (SSSR count). The molecule has 4 nitrogen and oxygen atoms in total. The van der Waals surface area contributed by atoms with Crippen LogP contribution in [0, 0.1) is 12.7 Å². The standard InChI is InChI=1S/C19H15ClFNO3/c1-11-6-7-17-12(8-11)16(23)9-18(25-17)19(24)22(2)10-13-14(20)4-3-5-15(13)21/h3-9H,10H2,1-2H3. The van der Waals surface area contributed by atoms with Gasteiger partial charge in [0.05, 0.1) is 11.9 Å². The molecule has 0 aliphatic carbocycles. The highest BCUT2D eigenvalue weighted by atomic mass is 35.5. The topological polar surface area (TPSA) is 50.5 Å². The minimum absolute atomic E-state index is 0.0417. The van der Waals surface area contributed by atoms with Crippen molar-refractivity contribution < 1.29 is 13.6 Å². The first-order valence-electron chi connectivity index (χ1n) is 7.59. The second-order valence-corrected chi connectivity index (χ2v) is 6.24. The molecule has 0 fully saturated rings. The highest BCUT2D eigenvalue weighted by Gasteiger charge is 2.19. The zero-order valence-corrected chi connectivity index (χ0v) is 14.4. The molecule has 0 N–H and O–H groups in total. The second kappa shape index (κ2) is 6.69. The Bertz CT molecular complexity index is 1010. The number of hydrogen-bond donors (Lipinski definition) is 0. The predicted octanol–water partition coefficient (Wildman–Crippen LogP) is 4.17. The SMILES string of the molecule is Cc1ccc2oc(C(=O)N(C)Cc3c(F)cccc3Cl)cc(=O)c2c1. The van der Waals surface area contributed by atoms with E-state index in [4.69, 9.17) is 16.0 Å². The molecule has 25 heavy (non-hydrogen) atoms. The van der Waals surface area contributed by atoms with Crippen molar-refractivity contribution >= 4 is 28.5 Å². The van der Waals surface area contributed by atoms with E-state index in [1.165, 1.54) is 24.1 Å². The molecule has 0 aliphatic rings. The Balaban J connectivity index is 1.94.